The highest BCUT2D eigenvalue weighted by Gasteiger charge is 2.18. The number of sulfonamides is 1. The van der Waals surface area contributed by atoms with E-state index in [9.17, 15) is 17.9 Å². The summed E-state index contributed by atoms with van der Waals surface area (Å²) in [4.78, 5) is -0.0428. The standard InChI is InChI=1S/C22H18FN5O3S2/c23-15-6-11-19-18(12-15)20(21(29)28(19)13-14-4-2-1-3-5-14)26-27-22(32)25-16-7-9-17(10-8-16)33(24,30)31/h1-12,29H,13H2,(H,25,32)(H2,24,30,31). The minimum atomic E-state index is -3.81. The lowest BCUT2D eigenvalue weighted by Gasteiger charge is -2.07. The average molecular weight is 484 g/mol. The van der Waals surface area contributed by atoms with E-state index in [1.54, 1.807) is 10.6 Å². The Labute approximate surface area is 194 Å². The number of nitrogens with two attached hydrogens (primary N) is 1. The number of thiocarbonyl (C=S) groups is 1. The number of primary sulfonamides is 1. The van der Waals surface area contributed by atoms with Crippen LogP contribution in [-0.4, -0.2) is 23.2 Å². The van der Waals surface area contributed by atoms with Crippen molar-refractivity contribution in [2.24, 2.45) is 15.4 Å². The van der Waals surface area contributed by atoms with Crippen molar-refractivity contribution in [1.29, 1.82) is 0 Å². The summed E-state index contributed by atoms with van der Waals surface area (Å²) in [5.74, 6) is -0.657. The van der Waals surface area contributed by atoms with Gasteiger partial charge in [-0.2, -0.15) is 0 Å². The van der Waals surface area contributed by atoms with Gasteiger partial charge in [-0.3, -0.25) is 0 Å². The number of nitrogens with one attached hydrogen (secondary N) is 1. The first-order valence-corrected chi connectivity index (χ1v) is 11.6. The zero-order valence-electron chi connectivity index (χ0n) is 17.0. The number of hydrogen-bond acceptors (Lipinski definition) is 5. The highest BCUT2D eigenvalue weighted by Crippen LogP contribution is 2.39. The molecule has 0 saturated heterocycles. The second-order valence-electron chi connectivity index (χ2n) is 7.10. The van der Waals surface area contributed by atoms with Crippen LogP contribution in [0, 0.1) is 5.82 Å². The van der Waals surface area contributed by atoms with Crippen molar-refractivity contribution in [2.75, 3.05) is 5.32 Å². The minimum Gasteiger partial charge on any atom is -0.493 e. The van der Waals surface area contributed by atoms with Crippen LogP contribution in [0.15, 0.2) is 87.9 Å². The number of halogens is 1. The van der Waals surface area contributed by atoms with Crippen molar-refractivity contribution in [3.63, 3.8) is 0 Å². The molecule has 0 aliphatic carbocycles. The molecule has 0 atom stereocenters. The lowest BCUT2D eigenvalue weighted by Crippen LogP contribution is -2.12. The van der Waals surface area contributed by atoms with Crippen LogP contribution in [-0.2, 0) is 16.6 Å². The maximum Gasteiger partial charge on any atom is 0.238 e. The maximum atomic E-state index is 13.9. The third-order valence-corrected chi connectivity index (χ3v) is 5.94. The summed E-state index contributed by atoms with van der Waals surface area (Å²) in [5.41, 5.74) is 2.07. The van der Waals surface area contributed by atoms with Gasteiger partial charge in [0.15, 0.2) is 5.69 Å². The van der Waals surface area contributed by atoms with E-state index in [4.69, 9.17) is 17.4 Å². The average Bonchev–Trinajstić information content (AvgIpc) is 3.03. The lowest BCUT2D eigenvalue weighted by molar-refractivity contribution is 0.429. The number of benzene rings is 3. The van der Waals surface area contributed by atoms with E-state index in [0.717, 1.165) is 5.56 Å². The van der Waals surface area contributed by atoms with Gasteiger partial charge < -0.3 is 15.0 Å². The molecule has 0 fully saturated rings. The number of aromatic nitrogens is 1. The van der Waals surface area contributed by atoms with Crippen LogP contribution < -0.4 is 10.5 Å². The predicted molar refractivity (Wildman–Crippen MR) is 128 cm³/mol. The third-order valence-electron chi connectivity index (χ3n) is 4.83. The van der Waals surface area contributed by atoms with Crippen LogP contribution >= 0.6 is 12.2 Å². The molecule has 4 rings (SSSR count). The fourth-order valence-electron chi connectivity index (χ4n) is 3.29. The first-order chi connectivity index (χ1) is 15.7. The zero-order chi connectivity index (χ0) is 23.6. The van der Waals surface area contributed by atoms with Crippen molar-refractivity contribution >= 4 is 49.6 Å². The summed E-state index contributed by atoms with van der Waals surface area (Å²) in [7, 11) is -3.81. The van der Waals surface area contributed by atoms with E-state index in [1.807, 2.05) is 30.3 Å². The van der Waals surface area contributed by atoms with Gasteiger partial charge in [-0.15, -0.1) is 10.2 Å². The largest absolute Gasteiger partial charge is 0.493 e. The monoisotopic (exact) mass is 483 g/mol. The number of aromatic hydroxyl groups is 1. The summed E-state index contributed by atoms with van der Waals surface area (Å²) in [6, 6.07) is 19.2. The van der Waals surface area contributed by atoms with Gasteiger partial charge in [0.1, 0.15) is 5.82 Å². The molecule has 168 valence electrons. The van der Waals surface area contributed by atoms with E-state index in [2.05, 4.69) is 15.5 Å². The molecule has 0 spiro atoms. The normalized spacial score (nSPS) is 11.8. The first-order valence-electron chi connectivity index (χ1n) is 9.62. The molecular formula is C22H18FN5O3S2. The van der Waals surface area contributed by atoms with Gasteiger partial charge in [0.2, 0.25) is 21.0 Å². The number of fused-ring (bicyclic) bond motifs is 1. The molecule has 8 nitrogen and oxygen atoms in total. The third kappa shape index (κ3) is 5.06. The van der Waals surface area contributed by atoms with Crippen LogP contribution in [0.25, 0.3) is 10.9 Å². The molecule has 0 aliphatic heterocycles. The molecule has 0 bridgehead atoms. The number of azo groups is 1. The predicted octanol–water partition coefficient (Wildman–Crippen LogP) is 4.66. The highest BCUT2D eigenvalue weighted by molar-refractivity contribution is 7.89. The molecule has 0 amide bonds. The fourth-order valence-corrected chi connectivity index (χ4v) is 3.97. The summed E-state index contributed by atoms with van der Waals surface area (Å²) in [5, 5.41) is 27.0. The van der Waals surface area contributed by atoms with Crippen LogP contribution in [0.2, 0.25) is 0 Å². The molecule has 33 heavy (non-hydrogen) atoms. The molecule has 4 aromatic rings. The summed E-state index contributed by atoms with van der Waals surface area (Å²) >= 11 is 5.17. The summed E-state index contributed by atoms with van der Waals surface area (Å²) in [6.45, 7) is 0.351. The van der Waals surface area contributed by atoms with E-state index < -0.39 is 15.8 Å². The van der Waals surface area contributed by atoms with E-state index in [1.165, 1.54) is 36.4 Å². The Morgan fingerprint density at radius 2 is 1.79 bits per heavy atom. The lowest BCUT2D eigenvalue weighted by atomic mass is 10.2. The van der Waals surface area contributed by atoms with E-state index in [0.29, 0.717) is 23.1 Å². The molecule has 0 saturated carbocycles. The number of anilines is 1. The van der Waals surface area contributed by atoms with E-state index >= 15 is 0 Å². The van der Waals surface area contributed by atoms with Gasteiger partial charge in [0, 0.05) is 11.1 Å². The van der Waals surface area contributed by atoms with Crippen molar-refractivity contribution in [1.82, 2.24) is 4.57 Å². The molecule has 1 aromatic heterocycles. The van der Waals surface area contributed by atoms with Crippen molar-refractivity contribution in [3.8, 4) is 5.88 Å². The second-order valence-corrected chi connectivity index (χ2v) is 9.05. The maximum absolute atomic E-state index is 13.9. The zero-order valence-corrected chi connectivity index (χ0v) is 18.6. The first kappa shape index (κ1) is 22.5. The van der Waals surface area contributed by atoms with Gasteiger partial charge in [-0.1, -0.05) is 30.3 Å². The molecule has 3 aromatic carbocycles. The highest BCUT2D eigenvalue weighted by atomic mass is 32.2. The van der Waals surface area contributed by atoms with Gasteiger partial charge in [-0.05, 0) is 60.2 Å². The van der Waals surface area contributed by atoms with Crippen molar-refractivity contribution in [3.05, 3.63) is 84.2 Å². The van der Waals surface area contributed by atoms with Crippen LogP contribution in [0.4, 0.5) is 15.8 Å². The quantitative estimate of drug-likeness (QED) is 0.281. The number of hydrogen-bond donors (Lipinski definition) is 3. The van der Waals surface area contributed by atoms with Gasteiger partial charge in [0.05, 0.1) is 17.0 Å². The Kier molecular flexibility index (Phi) is 6.18. The fraction of sp³-hybridized carbons (Fsp3) is 0.0455. The van der Waals surface area contributed by atoms with Crippen LogP contribution in [0.5, 0.6) is 5.88 Å². The summed E-state index contributed by atoms with van der Waals surface area (Å²) < 4.78 is 38.2. The summed E-state index contributed by atoms with van der Waals surface area (Å²) in [6.07, 6.45) is 0. The Hall–Kier alpha value is -3.67. The molecule has 11 heteroatoms. The van der Waals surface area contributed by atoms with Crippen molar-refractivity contribution < 1.29 is 17.9 Å². The van der Waals surface area contributed by atoms with Gasteiger partial charge >= 0.3 is 0 Å². The Bertz CT molecular complexity index is 1470. The van der Waals surface area contributed by atoms with E-state index in [-0.39, 0.29) is 21.6 Å². The molecular weight excluding hydrogens is 465 g/mol. The Balaban J connectivity index is 1.62. The van der Waals surface area contributed by atoms with Crippen LogP contribution in [0.3, 0.4) is 0 Å². The minimum absolute atomic E-state index is 0.0428. The smallest absolute Gasteiger partial charge is 0.238 e. The Morgan fingerprint density at radius 1 is 1.09 bits per heavy atom. The SMILES string of the molecule is NS(=O)(=O)c1ccc(NC(=S)N=Nc2c(O)n(Cc3ccccc3)c3ccc(F)cc23)cc1. The van der Waals surface area contributed by atoms with Gasteiger partial charge in [0.25, 0.3) is 0 Å². The molecule has 0 unspecified atom stereocenters. The molecule has 4 N–H and O–H groups in total. The van der Waals surface area contributed by atoms with Crippen molar-refractivity contribution in [2.45, 2.75) is 11.4 Å². The number of nitrogens with zero attached hydrogens (tertiary/aromatic N) is 3. The van der Waals surface area contributed by atoms with Gasteiger partial charge in [-0.25, -0.2) is 17.9 Å². The second kappa shape index (κ2) is 9.06. The molecule has 0 aliphatic rings. The molecule has 1 heterocycles. The van der Waals surface area contributed by atoms with Crippen LogP contribution in [0.1, 0.15) is 5.56 Å². The topological polar surface area (TPSA) is 122 Å². The molecule has 0 radical (unpaired) electrons. The Morgan fingerprint density at radius 3 is 2.45 bits per heavy atom. The number of rotatable bonds is 5.